The Kier molecular flexibility index (Phi) is 7.06. The number of nitrogens with one attached hydrogen (secondary N) is 1. The molecule has 1 aromatic rings. The molecule has 0 aliphatic carbocycles. The maximum atomic E-state index is 5.60. The average molecular weight is 265 g/mol. The van der Waals surface area contributed by atoms with Gasteiger partial charge in [-0.1, -0.05) is 24.3 Å². The third-order valence-electron chi connectivity index (χ3n) is 2.72. The van der Waals surface area contributed by atoms with E-state index >= 15 is 0 Å². The van der Waals surface area contributed by atoms with Crippen LogP contribution in [-0.4, -0.2) is 32.4 Å². The second kappa shape index (κ2) is 8.31. The molecule has 0 saturated carbocycles. The second-order valence-corrected chi connectivity index (χ2v) is 5.68. The first-order valence-corrected chi connectivity index (χ1v) is 6.95. The molecule has 0 spiro atoms. The van der Waals surface area contributed by atoms with Gasteiger partial charge < -0.3 is 14.8 Å². The summed E-state index contributed by atoms with van der Waals surface area (Å²) in [5.74, 6) is 0. The first kappa shape index (κ1) is 16.2. The largest absolute Gasteiger partial charge is 0.374 e. The molecule has 0 aliphatic heterocycles. The summed E-state index contributed by atoms with van der Waals surface area (Å²) >= 11 is 0. The van der Waals surface area contributed by atoms with Crippen molar-refractivity contribution in [1.29, 1.82) is 0 Å². The van der Waals surface area contributed by atoms with E-state index in [2.05, 4.69) is 50.4 Å². The highest BCUT2D eigenvalue weighted by atomic mass is 16.5. The standard InChI is InChI=1S/C16H27NO2/c1-16(2,3)19-12-11-18-13-15-7-5-14(6-8-15)9-10-17-4/h5-8,17H,9-13H2,1-4H3. The third kappa shape index (κ3) is 7.98. The Balaban J connectivity index is 2.19. The van der Waals surface area contributed by atoms with Crippen LogP contribution in [0.1, 0.15) is 31.9 Å². The minimum atomic E-state index is -0.0850. The summed E-state index contributed by atoms with van der Waals surface area (Å²) in [5.41, 5.74) is 2.48. The quantitative estimate of drug-likeness (QED) is 0.733. The van der Waals surface area contributed by atoms with Crippen molar-refractivity contribution in [2.75, 3.05) is 26.8 Å². The highest BCUT2D eigenvalue weighted by molar-refractivity contribution is 5.22. The van der Waals surface area contributed by atoms with Gasteiger partial charge in [-0.15, -0.1) is 0 Å². The molecule has 0 saturated heterocycles. The van der Waals surface area contributed by atoms with Crippen LogP contribution in [0.4, 0.5) is 0 Å². The van der Waals surface area contributed by atoms with Crippen LogP contribution in [0.2, 0.25) is 0 Å². The molecule has 1 rings (SSSR count). The molecular weight excluding hydrogens is 238 g/mol. The summed E-state index contributed by atoms with van der Waals surface area (Å²) in [4.78, 5) is 0. The van der Waals surface area contributed by atoms with Crippen molar-refractivity contribution in [3.05, 3.63) is 35.4 Å². The summed E-state index contributed by atoms with van der Waals surface area (Å²) < 4.78 is 11.2. The fourth-order valence-electron chi connectivity index (χ4n) is 1.67. The zero-order valence-corrected chi connectivity index (χ0v) is 12.7. The van der Waals surface area contributed by atoms with Gasteiger partial charge in [0.15, 0.2) is 0 Å². The minimum absolute atomic E-state index is 0.0850. The molecule has 0 bridgehead atoms. The van der Waals surface area contributed by atoms with Gasteiger partial charge in [-0.3, -0.25) is 0 Å². The molecule has 0 unspecified atom stereocenters. The Morgan fingerprint density at radius 1 is 1.00 bits per heavy atom. The molecule has 0 fully saturated rings. The Morgan fingerprint density at radius 2 is 1.63 bits per heavy atom. The maximum Gasteiger partial charge on any atom is 0.0718 e. The van der Waals surface area contributed by atoms with Crippen molar-refractivity contribution < 1.29 is 9.47 Å². The van der Waals surface area contributed by atoms with Gasteiger partial charge in [0.2, 0.25) is 0 Å². The van der Waals surface area contributed by atoms with E-state index in [1.54, 1.807) is 0 Å². The summed E-state index contributed by atoms with van der Waals surface area (Å²) in [6.45, 7) is 9.10. The zero-order chi connectivity index (χ0) is 14.1. The number of hydrogen-bond acceptors (Lipinski definition) is 3. The molecule has 0 aromatic heterocycles. The van der Waals surface area contributed by atoms with Crippen molar-refractivity contribution in [2.24, 2.45) is 0 Å². The first-order valence-electron chi connectivity index (χ1n) is 6.95. The summed E-state index contributed by atoms with van der Waals surface area (Å²) in [7, 11) is 1.97. The van der Waals surface area contributed by atoms with Gasteiger partial charge in [-0.25, -0.2) is 0 Å². The van der Waals surface area contributed by atoms with Crippen molar-refractivity contribution in [3.8, 4) is 0 Å². The zero-order valence-electron chi connectivity index (χ0n) is 12.7. The van der Waals surface area contributed by atoms with Gasteiger partial charge in [0.25, 0.3) is 0 Å². The van der Waals surface area contributed by atoms with E-state index < -0.39 is 0 Å². The van der Waals surface area contributed by atoms with Crippen LogP contribution in [0, 0.1) is 0 Å². The molecule has 0 aliphatic rings. The number of hydrogen-bond donors (Lipinski definition) is 1. The summed E-state index contributed by atoms with van der Waals surface area (Å²) in [6.07, 6.45) is 1.07. The lowest BCUT2D eigenvalue weighted by atomic mass is 10.1. The van der Waals surface area contributed by atoms with E-state index in [1.807, 2.05) is 7.05 Å². The van der Waals surface area contributed by atoms with E-state index in [4.69, 9.17) is 9.47 Å². The van der Waals surface area contributed by atoms with Crippen LogP contribution in [0.5, 0.6) is 0 Å². The van der Waals surface area contributed by atoms with Crippen LogP contribution in [0.15, 0.2) is 24.3 Å². The van der Waals surface area contributed by atoms with Crippen LogP contribution in [0.25, 0.3) is 0 Å². The molecular formula is C16H27NO2. The molecule has 19 heavy (non-hydrogen) atoms. The summed E-state index contributed by atoms with van der Waals surface area (Å²) in [6, 6.07) is 8.61. The van der Waals surface area contributed by atoms with Crippen molar-refractivity contribution in [1.82, 2.24) is 5.32 Å². The minimum Gasteiger partial charge on any atom is -0.374 e. The molecule has 1 aromatic carbocycles. The van der Waals surface area contributed by atoms with Crippen LogP contribution in [-0.2, 0) is 22.5 Å². The number of ether oxygens (including phenoxy) is 2. The lowest BCUT2D eigenvalue weighted by molar-refractivity contribution is -0.0376. The lowest BCUT2D eigenvalue weighted by Crippen LogP contribution is -2.21. The first-order chi connectivity index (χ1) is 9.01. The van der Waals surface area contributed by atoms with Crippen LogP contribution < -0.4 is 5.32 Å². The molecule has 1 N–H and O–H groups in total. The smallest absolute Gasteiger partial charge is 0.0718 e. The number of likely N-dealkylation sites (N-methyl/N-ethyl adjacent to an activating group) is 1. The van der Waals surface area contributed by atoms with E-state index in [-0.39, 0.29) is 5.60 Å². The van der Waals surface area contributed by atoms with E-state index in [0.717, 1.165) is 13.0 Å². The normalized spacial score (nSPS) is 11.8. The van der Waals surface area contributed by atoms with Gasteiger partial charge >= 0.3 is 0 Å². The molecule has 0 radical (unpaired) electrons. The SMILES string of the molecule is CNCCc1ccc(COCCOC(C)(C)C)cc1. The fourth-order valence-corrected chi connectivity index (χ4v) is 1.67. The summed E-state index contributed by atoms with van der Waals surface area (Å²) in [5, 5.41) is 3.15. The van der Waals surface area contributed by atoms with Crippen molar-refractivity contribution in [3.63, 3.8) is 0 Å². The number of rotatable bonds is 8. The van der Waals surface area contributed by atoms with Crippen molar-refractivity contribution in [2.45, 2.75) is 39.4 Å². The Morgan fingerprint density at radius 3 is 2.21 bits per heavy atom. The predicted molar refractivity (Wildman–Crippen MR) is 79.4 cm³/mol. The lowest BCUT2D eigenvalue weighted by Gasteiger charge is -2.19. The van der Waals surface area contributed by atoms with Gasteiger partial charge in [0.05, 0.1) is 25.4 Å². The second-order valence-electron chi connectivity index (χ2n) is 5.68. The molecule has 3 nitrogen and oxygen atoms in total. The molecule has 3 heteroatoms. The monoisotopic (exact) mass is 265 g/mol. The van der Waals surface area contributed by atoms with Crippen molar-refractivity contribution >= 4 is 0 Å². The van der Waals surface area contributed by atoms with Crippen LogP contribution in [0.3, 0.4) is 0 Å². The molecule has 0 atom stereocenters. The molecule has 0 heterocycles. The van der Waals surface area contributed by atoms with Crippen LogP contribution >= 0.6 is 0 Å². The third-order valence-corrected chi connectivity index (χ3v) is 2.72. The van der Waals surface area contributed by atoms with Gasteiger partial charge in [-0.2, -0.15) is 0 Å². The highest BCUT2D eigenvalue weighted by Crippen LogP contribution is 2.08. The van der Waals surface area contributed by atoms with E-state index in [9.17, 15) is 0 Å². The Bertz CT molecular complexity index is 341. The molecule has 108 valence electrons. The number of benzene rings is 1. The van der Waals surface area contributed by atoms with E-state index in [0.29, 0.717) is 19.8 Å². The van der Waals surface area contributed by atoms with Gasteiger partial charge in [-0.05, 0) is 51.9 Å². The maximum absolute atomic E-state index is 5.60. The van der Waals surface area contributed by atoms with Gasteiger partial charge in [0, 0.05) is 0 Å². The molecule has 0 amide bonds. The predicted octanol–water partition coefficient (Wildman–Crippen LogP) is 2.78. The highest BCUT2D eigenvalue weighted by Gasteiger charge is 2.08. The average Bonchev–Trinajstić information content (AvgIpc) is 2.36. The fraction of sp³-hybridized carbons (Fsp3) is 0.625. The topological polar surface area (TPSA) is 30.5 Å². The van der Waals surface area contributed by atoms with E-state index in [1.165, 1.54) is 11.1 Å². The van der Waals surface area contributed by atoms with Gasteiger partial charge in [0.1, 0.15) is 0 Å². The Hall–Kier alpha value is -0.900. The Labute approximate surface area is 117 Å².